The lowest BCUT2D eigenvalue weighted by Gasteiger charge is -2.32. The fourth-order valence-corrected chi connectivity index (χ4v) is 2.95. The topological polar surface area (TPSA) is 101 Å². The number of rotatable bonds is 3. The maximum absolute atomic E-state index is 14.3. The van der Waals surface area contributed by atoms with Gasteiger partial charge in [0.1, 0.15) is 11.5 Å². The number of tetrazole rings is 1. The Morgan fingerprint density at radius 1 is 1.10 bits per heavy atom. The van der Waals surface area contributed by atoms with Crippen LogP contribution in [0, 0.1) is 11.6 Å². The lowest BCUT2D eigenvalue weighted by atomic mass is 9.79. The third-order valence-corrected chi connectivity index (χ3v) is 5.33. The van der Waals surface area contributed by atoms with Crippen LogP contribution in [0.25, 0.3) is 17.1 Å². The molecule has 1 aliphatic rings. The minimum atomic E-state index is -1.07. The summed E-state index contributed by atoms with van der Waals surface area (Å²) in [5, 5.41) is 11.3. The van der Waals surface area contributed by atoms with Gasteiger partial charge in [0.2, 0.25) is 0 Å². The lowest BCUT2D eigenvalue weighted by Crippen LogP contribution is -2.41. The molecule has 1 saturated heterocycles. The molecule has 0 radical (unpaired) electrons. The molecule has 2 aromatic heterocycles. The van der Waals surface area contributed by atoms with Crippen molar-refractivity contribution in [1.82, 2.24) is 25.2 Å². The molecule has 8 nitrogen and oxygen atoms in total. The molecule has 0 saturated carbocycles. The van der Waals surface area contributed by atoms with Crippen molar-refractivity contribution < 1.29 is 18.1 Å². The molecule has 0 amide bonds. The minimum Gasteiger partial charge on any atom is -0.399 e. The number of anilines is 1. The first-order valence-electron chi connectivity index (χ1n) is 8.95. The van der Waals surface area contributed by atoms with Gasteiger partial charge in [-0.25, -0.2) is 13.8 Å². The Kier molecular flexibility index (Phi) is 4.39. The van der Waals surface area contributed by atoms with E-state index >= 15 is 0 Å². The molecule has 29 heavy (non-hydrogen) atoms. The van der Waals surface area contributed by atoms with Crippen molar-refractivity contribution >= 4 is 18.4 Å². The number of pyridine rings is 1. The van der Waals surface area contributed by atoms with Crippen LogP contribution >= 0.6 is 0 Å². The molecule has 0 atom stereocenters. The van der Waals surface area contributed by atoms with Crippen LogP contribution in [0.2, 0.25) is 0 Å². The van der Waals surface area contributed by atoms with Crippen LogP contribution in [0.4, 0.5) is 14.6 Å². The number of benzene rings is 1. The zero-order valence-electron chi connectivity index (χ0n) is 16.3. The second-order valence-corrected chi connectivity index (χ2v) is 7.78. The molecule has 2 N–H and O–H groups in total. The standard InChI is InChI=1S/C18H19BF2N6O2/c1-17(2)18(3,4)29-19(28-17)10-8-11(15(22)23-9-10)16-24-25-26-27(16)13-7-5-6-12(20)14(13)21/h5-9H,1-4H3,(H2,22,23). The maximum Gasteiger partial charge on any atom is 0.496 e. The summed E-state index contributed by atoms with van der Waals surface area (Å²) < 4.78 is 41.1. The summed E-state index contributed by atoms with van der Waals surface area (Å²) in [6.45, 7) is 7.75. The van der Waals surface area contributed by atoms with Crippen molar-refractivity contribution in [3.63, 3.8) is 0 Å². The van der Waals surface area contributed by atoms with Crippen molar-refractivity contribution in [1.29, 1.82) is 0 Å². The van der Waals surface area contributed by atoms with E-state index < -0.39 is 30.0 Å². The van der Waals surface area contributed by atoms with E-state index in [9.17, 15) is 8.78 Å². The van der Waals surface area contributed by atoms with Gasteiger partial charge in [-0.2, -0.15) is 4.68 Å². The first kappa shape index (κ1) is 19.4. The third kappa shape index (κ3) is 3.16. The first-order chi connectivity index (χ1) is 13.6. The number of aromatic nitrogens is 5. The molecule has 0 bridgehead atoms. The Morgan fingerprint density at radius 2 is 1.79 bits per heavy atom. The average molecular weight is 400 g/mol. The van der Waals surface area contributed by atoms with E-state index in [-0.39, 0.29) is 17.3 Å². The summed E-state index contributed by atoms with van der Waals surface area (Å²) in [6.07, 6.45) is 1.54. The monoisotopic (exact) mass is 400 g/mol. The van der Waals surface area contributed by atoms with Crippen LogP contribution < -0.4 is 11.2 Å². The molecular weight excluding hydrogens is 381 g/mol. The molecule has 4 rings (SSSR count). The van der Waals surface area contributed by atoms with Gasteiger partial charge in [0.05, 0.1) is 16.8 Å². The summed E-state index contributed by atoms with van der Waals surface area (Å²) >= 11 is 0. The zero-order valence-corrected chi connectivity index (χ0v) is 16.3. The molecule has 150 valence electrons. The van der Waals surface area contributed by atoms with E-state index in [2.05, 4.69) is 20.5 Å². The van der Waals surface area contributed by atoms with Gasteiger partial charge in [-0.15, -0.1) is 5.10 Å². The normalized spacial score (nSPS) is 17.7. The van der Waals surface area contributed by atoms with Crippen molar-refractivity contribution in [3.8, 4) is 17.1 Å². The largest absolute Gasteiger partial charge is 0.496 e. The fourth-order valence-electron chi connectivity index (χ4n) is 2.95. The van der Waals surface area contributed by atoms with Crippen molar-refractivity contribution in [2.45, 2.75) is 38.9 Å². The van der Waals surface area contributed by atoms with Crippen LogP contribution in [0.3, 0.4) is 0 Å². The first-order valence-corrected chi connectivity index (χ1v) is 8.95. The summed E-state index contributed by atoms with van der Waals surface area (Å²) in [7, 11) is -0.679. The molecule has 1 aromatic carbocycles. The van der Waals surface area contributed by atoms with E-state index in [4.69, 9.17) is 15.0 Å². The van der Waals surface area contributed by atoms with Gasteiger partial charge in [0.25, 0.3) is 0 Å². The molecule has 11 heteroatoms. The van der Waals surface area contributed by atoms with Gasteiger partial charge >= 0.3 is 7.12 Å². The van der Waals surface area contributed by atoms with Crippen LogP contribution in [0.15, 0.2) is 30.5 Å². The molecule has 1 aliphatic heterocycles. The number of nitrogen functional groups attached to an aromatic ring is 1. The van der Waals surface area contributed by atoms with Crippen molar-refractivity contribution in [2.75, 3.05) is 5.73 Å². The highest BCUT2D eigenvalue weighted by molar-refractivity contribution is 6.62. The summed E-state index contributed by atoms with van der Waals surface area (Å²) in [5.74, 6) is -1.85. The average Bonchev–Trinajstić information content (AvgIpc) is 3.20. The van der Waals surface area contributed by atoms with Gasteiger partial charge in [-0.3, -0.25) is 0 Å². The maximum atomic E-state index is 14.3. The molecule has 3 aromatic rings. The predicted octanol–water partition coefficient (Wildman–Crippen LogP) is 1.88. The Balaban J connectivity index is 1.78. The summed E-state index contributed by atoms with van der Waals surface area (Å²) in [4.78, 5) is 4.19. The smallest absolute Gasteiger partial charge is 0.399 e. The highest BCUT2D eigenvalue weighted by Gasteiger charge is 2.52. The molecular formula is C18H19BF2N6O2. The Hall–Kier alpha value is -2.92. The number of hydrogen-bond donors (Lipinski definition) is 1. The second-order valence-electron chi connectivity index (χ2n) is 7.78. The van der Waals surface area contributed by atoms with Crippen LogP contribution in [-0.2, 0) is 9.31 Å². The van der Waals surface area contributed by atoms with E-state index in [1.165, 1.54) is 18.3 Å². The van der Waals surface area contributed by atoms with Crippen LogP contribution in [-0.4, -0.2) is 43.5 Å². The highest BCUT2D eigenvalue weighted by Crippen LogP contribution is 2.36. The van der Waals surface area contributed by atoms with E-state index in [0.717, 1.165) is 10.7 Å². The molecule has 0 spiro atoms. The Bertz CT molecular complexity index is 1070. The predicted molar refractivity (Wildman–Crippen MR) is 102 cm³/mol. The number of hydrogen-bond acceptors (Lipinski definition) is 7. The number of halogens is 2. The Labute approximate surface area is 166 Å². The fraction of sp³-hybridized carbons (Fsp3) is 0.333. The zero-order chi connectivity index (χ0) is 21.0. The van der Waals surface area contributed by atoms with Gasteiger partial charge in [-0.1, -0.05) is 6.07 Å². The third-order valence-electron chi connectivity index (χ3n) is 5.33. The van der Waals surface area contributed by atoms with E-state index in [0.29, 0.717) is 11.0 Å². The second kappa shape index (κ2) is 6.56. The van der Waals surface area contributed by atoms with Gasteiger partial charge < -0.3 is 15.0 Å². The molecule has 1 fully saturated rings. The van der Waals surface area contributed by atoms with Crippen LogP contribution in [0.1, 0.15) is 27.7 Å². The summed E-state index contributed by atoms with van der Waals surface area (Å²) in [6, 6.07) is 5.41. The summed E-state index contributed by atoms with van der Waals surface area (Å²) in [5.41, 5.74) is 5.75. The number of nitrogens with two attached hydrogens (primary N) is 1. The van der Waals surface area contributed by atoms with E-state index in [1.54, 1.807) is 6.07 Å². The van der Waals surface area contributed by atoms with Crippen molar-refractivity contribution in [3.05, 3.63) is 42.1 Å². The van der Waals surface area contributed by atoms with Crippen molar-refractivity contribution in [2.24, 2.45) is 0 Å². The highest BCUT2D eigenvalue weighted by atomic mass is 19.2. The quantitative estimate of drug-likeness (QED) is 0.670. The van der Waals surface area contributed by atoms with Crippen LogP contribution in [0.5, 0.6) is 0 Å². The minimum absolute atomic E-state index is 0.109. The van der Waals surface area contributed by atoms with Gasteiger partial charge in [0, 0.05) is 11.7 Å². The van der Waals surface area contributed by atoms with Gasteiger partial charge in [-0.05, 0) is 56.3 Å². The number of nitrogens with zero attached hydrogens (tertiary/aromatic N) is 5. The van der Waals surface area contributed by atoms with Gasteiger partial charge in [0.15, 0.2) is 17.5 Å². The SMILES string of the molecule is CC1(C)OB(c2cnc(N)c(-c3nnnn3-c3cccc(F)c3F)c2)OC1(C)C. The van der Waals surface area contributed by atoms with E-state index in [1.807, 2.05) is 27.7 Å². The lowest BCUT2D eigenvalue weighted by molar-refractivity contribution is 0.00578. The molecule has 0 unspecified atom stereocenters. The molecule has 3 heterocycles. The Morgan fingerprint density at radius 3 is 2.48 bits per heavy atom. The molecule has 0 aliphatic carbocycles.